The molecule has 0 atom stereocenters. The molecular weight excluding hydrogens is 238 g/mol. The summed E-state index contributed by atoms with van der Waals surface area (Å²) in [6, 6.07) is 10.2. The number of imidazole rings is 1. The lowest BCUT2D eigenvalue weighted by Crippen LogP contribution is -2.07. The Morgan fingerprint density at radius 1 is 1.21 bits per heavy atom. The van der Waals surface area contributed by atoms with Crippen LogP contribution in [0.1, 0.15) is 11.5 Å². The van der Waals surface area contributed by atoms with Gasteiger partial charge >= 0.3 is 0 Å². The van der Waals surface area contributed by atoms with Crippen molar-refractivity contribution in [1.29, 1.82) is 0 Å². The van der Waals surface area contributed by atoms with E-state index in [4.69, 9.17) is 0 Å². The third kappa shape index (κ3) is 2.35. The van der Waals surface area contributed by atoms with E-state index < -0.39 is 0 Å². The van der Waals surface area contributed by atoms with Crippen LogP contribution in [0.4, 0.5) is 5.69 Å². The third-order valence-electron chi connectivity index (χ3n) is 3.00. The van der Waals surface area contributed by atoms with Crippen molar-refractivity contribution >= 4 is 5.69 Å². The van der Waals surface area contributed by atoms with Gasteiger partial charge in [-0.25, -0.2) is 4.98 Å². The summed E-state index contributed by atoms with van der Waals surface area (Å²) in [5.74, 6) is 0.982. The molecule has 0 saturated carbocycles. The quantitative estimate of drug-likeness (QED) is 0.751. The van der Waals surface area contributed by atoms with Gasteiger partial charge in [0.2, 0.25) is 0 Å². The number of aromatic nitrogens is 4. The molecule has 0 aliphatic heterocycles. The van der Waals surface area contributed by atoms with E-state index in [-0.39, 0.29) is 0 Å². The highest BCUT2D eigenvalue weighted by atomic mass is 15.1. The zero-order chi connectivity index (χ0) is 13.1. The van der Waals surface area contributed by atoms with Crippen molar-refractivity contribution in [3.05, 3.63) is 60.4 Å². The number of hydrogen-bond donors (Lipinski definition) is 2. The number of aromatic amines is 1. The van der Waals surface area contributed by atoms with Crippen LogP contribution in [0.3, 0.4) is 0 Å². The molecule has 2 aromatic heterocycles. The Hall–Kier alpha value is -2.56. The first-order valence-corrected chi connectivity index (χ1v) is 6.16. The normalized spacial score (nSPS) is 10.6. The molecule has 0 aliphatic carbocycles. The SMILES string of the molecule is Cc1ncc(CNc2cn[nH]c2)n1-c1ccccc1. The van der Waals surface area contributed by atoms with Crippen molar-refractivity contribution in [2.24, 2.45) is 0 Å². The van der Waals surface area contributed by atoms with Crippen molar-refractivity contribution in [3.8, 4) is 5.69 Å². The van der Waals surface area contributed by atoms with E-state index in [2.05, 4.69) is 37.2 Å². The molecule has 0 aliphatic rings. The van der Waals surface area contributed by atoms with Gasteiger partial charge in [0.05, 0.1) is 30.3 Å². The van der Waals surface area contributed by atoms with Crippen molar-refractivity contribution in [2.75, 3.05) is 5.32 Å². The summed E-state index contributed by atoms with van der Waals surface area (Å²) >= 11 is 0. The molecule has 0 spiro atoms. The van der Waals surface area contributed by atoms with Gasteiger partial charge < -0.3 is 5.32 Å². The first kappa shape index (κ1) is 11.5. The van der Waals surface area contributed by atoms with Crippen LogP contribution in [0.15, 0.2) is 48.9 Å². The molecular formula is C14H15N5. The fourth-order valence-electron chi connectivity index (χ4n) is 2.09. The maximum atomic E-state index is 4.39. The Morgan fingerprint density at radius 3 is 2.79 bits per heavy atom. The van der Waals surface area contributed by atoms with E-state index in [9.17, 15) is 0 Å². The van der Waals surface area contributed by atoms with Gasteiger partial charge in [-0.05, 0) is 19.1 Å². The first-order chi connectivity index (χ1) is 9.34. The minimum Gasteiger partial charge on any atom is -0.377 e. The lowest BCUT2D eigenvalue weighted by Gasteiger charge is -2.10. The van der Waals surface area contributed by atoms with Gasteiger partial charge in [-0.2, -0.15) is 5.10 Å². The summed E-state index contributed by atoms with van der Waals surface area (Å²) in [5, 5.41) is 10.0. The Kier molecular flexibility index (Phi) is 3.02. The molecule has 2 N–H and O–H groups in total. The van der Waals surface area contributed by atoms with Gasteiger partial charge in [0.15, 0.2) is 0 Å². The highest BCUT2D eigenvalue weighted by molar-refractivity contribution is 5.40. The minimum atomic E-state index is 0.704. The molecule has 3 aromatic rings. The number of para-hydroxylation sites is 1. The van der Waals surface area contributed by atoms with Crippen LogP contribution in [0.2, 0.25) is 0 Å². The van der Waals surface area contributed by atoms with Gasteiger partial charge in [-0.3, -0.25) is 9.67 Å². The lowest BCUT2D eigenvalue weighted by atomic mass is 10.3. The number of aryl methyl sites for hydroxylation is 1. The number of benzene rings is 1. The van der Waals surface area contributed by atoms with Crippen molar-refractivity contribution < 1.29 is 0 Å². The zero-order valence-corrected chi connectivity index (χ0v) is 10.7. The molecule has 0 amide bonds. The molecule has 0 unspecified atom stereocenters. The van der Waals surface area contributed by atoms with Crippen LogP contribution in [0, 0.1) is 6.92 Å². The summed E-state index contributed by atoms with van der Waals surface area (Å²) in [7, 11) is 0. The fourth-order valence-corrected chi connectivity index (χ4v) is 2.09. The van der Waals surface area contributed by atoms with Crippen molar-refractivity contribution in [1.82, 2.24) is 19.7 Å². The smallest absolute Gasteiger partial charge is 0.110 e. The average molecular weight is 253 g/mol. The molecule has 0 radical (unpaired) electrons. The summed E-state index contributed by atoms with van der Waals surface area (Å²) < 4.78 is 2.15. The molecule has 1 aromatic carbocycles. The van der Waals surface area contributed by atoms with Gasteiger partial charge in [0, 0.05) is 11.9 Å². The second kappa shape index (κ2) is 4.97. The van der Waals surface area contributed by atoms with Crippen LogP contribution in [0.5, 0.6) is 0 Å². The molecule has 96 valence electrons. The number of hydrogen-bond acceptors (Lipinski definition) is 3. The molecule has 5 nitrogen and oxygen atoms in total. The van der Waals surface area contributed by atoms with Crippen molar-refractivity contribution in [3.63, 3.8) is 0 Å². The monoisotopic (exact) mass is 253 g/mol. The summed E-state index contributed by atoms with van der Waals surface area (Å²) in [4.78, 5) is 4.39. The van der Waals surface area contributed by atoms with E-state index in [1.807, 2.05) is 37.5 Å². The van der Waals surface area contributed by atoms with E-state index in [1.54, 1.807) is 6.20 Å². The third-order valence-corrected chi connectivity index (χ3v) is 3.00. The van der Waals surface area contributed by atoms with Gasteiger partial charge in [0.1, 0.15) is 5.82 Å². The van der Waals surface area contributed by atoms with E-state index >= 15 is 0 Å². The van der Waals surface area contributed by atoms with Crippen LogP contribution < -0.4 is 5.32 Å². The maximum Gasteiger partial charge on any atom is 0.110 e. The van der Waals surface area contributed by atoms with Crippen LogP contribution in [-0.4, -0.2) is 19.7 Å². The maximum absolute atomic E-state index is 4.39. The number of nitrogens with zero attached hydrogens (tertiary/aromatic N) is 3. The van der Waals surface area contributed by atoms with Crippen LogP contribution >= 0.6 is 0 Å². The highest BCUT2D eigenvalue weighted by Gasteiger charge is 2.08. The van der Waals surface area contributed by atoms with Crippen molar-refractivity contribution in [2.45, 2.75) is 13.5 Å². The molecule has 3 rings (SSSR count). The van der Waals surface area contributed by atoms with Crippen LogP contribution in [-0.2, 0) is 6.54 Å². The van der Waals surface area contributed by atoms with Gasteiger partial charge in [0.25, 0.3) is 0 Å². The minimum absolute atomic E-state index is 0.704. The molecule has 0 bridgehead atoms. The Labute approximate surface area is 111 Å². The number of anilines is 1. The van der Waals surface area contributed by atoms with E-state index in [1.165, 1.54) is 0 Å². The Morgan fingerprint density at radius 2 is 2.05 bits per heavy atom. The fraction of sp³-hybridized carbons (Fsp3) is 0.143. The standard InChI is InChI=1S/C14H15N5/c1-11-15-9-14(10-16-12-7-17-18-8-12)19(11)13-5-3-2-4-6-13/h2-9,16H,10H2,1H3,(H,17,18). The molecule has 0 saturated heterocycles. The number of rotatable bonds is 4. The topological polar surface area (TPSA) is 58.5 Å². The first-order valence-electron chi connectivity index (χ1n) is 6.16. The zero-order valence-electron chi connectivity index (χ0n) is 10.7. The van der Waals surface area contributed by atoms with Crippen LogP contribution in [0.25, 0.3) is 5.69 Å². The number of nitrogens with one attached hydrogen (secondary N) is 2. The van der Waals surface area contributed by atoms with Gasteiger partial charge in [-0.1, -0.05) is 18.2 Å². The highest BCUT2D eigenvalue weighted by Crippen LogP contribution is 2.15. The predicted octanol–water partition coefficient (Wildman–Crippen LogP) is 2.52. The summed E-state index contributed by atoms with van der Waals surface area (Å²) in [6.45, 7) is 2.71. The Balaban J connectivity index is 1.87. The van der Waals surface area contributed by atoms with E-state index in [0.29, 0.717) is 6.54 Å². The Bertz CT molecular complexity index is 640. The second-order valence-electron chi connectivity index (χ2n) is 4.31. The predicted molar refractivity (Wildman–Crippen MR) is 74.2 cm³/mol. The summed E-state index contributed by atoms with van der Waals surface area (Å²) in [5.41, 5.74) is 3.21. The lowest BCUT2D eigenvalue weighted by molar-refractivity contribution is 0.900. The second-order valence-corrected chi connectivity index (χ2v) is 4.31. The largest absolute Gasteiger partial charge is 0.377 e. The molecule has 0 fully saturated rings. The average Bonchev–Trinajstić information content (AvgIpc) is 3.07. The molecule has 19 heavy (non-hydrogen) atoms. The molecule has 5 heteroatoms. The van der Waals surface area contributed by atoms with E-state index in [0.717, 1.165) is 22.9 Å². The summed E-state index contributed by atoms with van der Waals surface area (Å²) in [6.07, 6.45) is 5.49. The van der Waals surface area contributed by atoms with Gasteiger partial charge in [-0.15, -0.1) is 0 Å². The number of H-pyrrole nitrogens is 1. The molecule has 2 heterocycles.